The van der Waals surface area contributed by atoms with Crippen LogP contribution >= 0.6 is 43.2 Å². The van der Waals surface area contributed by atoms with E-state index < -0.39 is 0 Å². The monoisotopic (exact) mass is 496 g/mol. The summed E-state index contributed by atoms with van der Waals surface area (Å²) in [6.07, 6.45) is 2.23. The van der Waals surface area contributed by atoms with Gasteiger partial charge in [0.25, 0.3) is 5.91 Å². The van der Waals surface area contributed by atoms with Crippen molar-refractivity contribution in [3.05, 3.63) is 55.9 Å². The van der Waals surface area contributed by atoms with E-state index in [-0.39, 0.29) is 12.0 Å². The van der Waals surface area contributed by atoms with Gasteiger partial charge in [-0.2, -0.15) is 0 Å². The number of carbonyl (C=O) groups excluding carboxylic acids is 1. The molecule has 4 rings (SSSR count). The molecule has 1 saturated heterocycles. The van der Waals surface area contributed by atoms with Crippen LogP contribution in [0.15, 0.2) is 44.7 Å². The van der Waals surface area contributed by atoms with Crippen LogP contribution in [-0.4, -0.2) is 29.7 Å². The Hall–Kier alpha value is -1.15. The van der Waals surface area contributed by atoms with Crippen molar-refractivity contribution in [1.29, 1.82) is 0 Å². The van der Waals surface area contributed by atoms with Gasteiger partial charge in [-0.25, -0.2) is 0 Å². The maximum atomic E-state index is 12.8. The van der Waals surface area contributed by atoms with Gasteiger partial charge in [-0.05, 0) is 52.5 Å². The van der Waals surface area contributed by atoms with Crippen LogP contribution in [0.1, 0.15) is 28.9 Å². The highest BCUT2D eigenvalue weighted by molar-refractivity contribution is 9.11. The number of halogens is 2. The van der Waals surface area contributed by atoms with Gasteiger partial charge in [-0.15, -0.1) is 11.3 Å². The number of ether oxygens (including phenoxy) is 1. The number of amides is 1. The van der Waals surface area contributed by atoms with E-state index in [1.165, 1.54) is 0 Å². The molecule has 136 valence electrons. The standard InChI is InChI=1S/C19H18Br2N2O2S/c20-13-5-3-12(4-6-13)10-23-16(8-17-18(23)15(21)11-26-17)19(24)22-9-14-2-1-7-25-14/h3-6,8,11,14H,1-2,7,9-10H2,(H,22,24). The number of aromatic nitrogens is 1. The van der Waals surface area contributed by atoms with Gasteiger partial charge in [0.2, 0.25) is 0 Å². The van der Waals surface area contributed by atoms with Gasteiger partial charge < -0.3 is 14.6 Å². The van der Waals surface area contributed by atoms with E-state index in [2.05, 4.69) is 59.3 Å². The molecule has 1 amide bonds. The molecule has 1 aliphatic heterocycles. The molecule has 1 atom stereocenters. The summed E-state index contributed by atoms with van der Waals surface area (Å²) in [4.78, 5) is 12.8. The predicted molar refractivity (Wildman–Crippen MR) is 112 cm³/mol. The van der Waals surface area contributed by atoms with Gasteiger partial charge in [-0.3, -0.25) is 4.79 Å². The first kappa shape index (κ1) is 18.2. The van der Waals surface area contributed by atoms with Gasteiger partial charge >= 0.3 is 0 Å². The Morgan fingerprint density at radius 2 is 2.12 bits per heavy atom. The first-order valence-corrected chi connectivity index (χ1v) is 11.0. The number of thiophene rings is 1. The van der Waals surface area contributed by atoms with Crippen LogP contribution in [0, 0.1) is 0 Å². The third kappa shape index (κ3) is 3.76. The first-order valence-electron chi connectivity index (χ1n) is 8.52. The van der Waals surface area contributed by atoms with E-state index in [0.717, 1.165) is 44.2 Å². The summed E-state index contributed by atoms with van der Waals surface area (Å²) in [5.74, 6) is -0.0482. The number of benzene rings is 1. The predicted octanol–water partition coefficient (Wildman–Crippen LogP) is 5.18. The zero-order chi connectivity index (χ0) is 18.1. The highest BCUT2D eigenvalue weighted by atomic mass is 79.9. The van der Waals surface area contributed by atoms with Crippen LogP contribution in [0.2, 0.25) is 0 Å². The first-order chi connectivity index (χ1) is 12.6. The molecule has 4 nitrogen and oxygen atoms in total. The van der Waals surface area contributed by atoms with Crippen molar-refractivity contribution in [2.24, 2.45) is 0 Å². The maximum Gasteiger partial charge on any atom is 0.268 e. The van der Waals surface area contributed by atoms with E-state index in [9.17, 15) is 4.79 Å². The summed E-state index contributed by atoms with van der Waals surface area (Å²) in [5.41, 5.74) is 2.91. The summed E-state index contributed by atoms with van der Waals surface area (Å²) >= 11 is 8.74. The maximum absolute atomic E-state index is 12.8. The topological polar surface area (TPSA) is 43.3 Å². The van der Waals surface area contributed by atoms with Gasteiger partial charge in [0.05, 0.1) is 20.8 Å². The van der Waals surface area contributed by atoms with Gasteiger partial charge in [0.1, 0.15) is 5.69 Å². The molecule has 1 aliphatic rings. The third-order valence-corrected chi connectivity index (χ3v) is 6.93. The number of rotatable bonds is 5. The van der Waals surface area contributed by atoms with Crippen molar-refractivity contribution >= 4 is 59.3 Å². The number of hydrogen-bond acceptors (Lipinski definition) is 3. The van der Waals surface area contributed by atoms with E-state index in [1.54, 1.807) is 11.3 Å². The lowest BCUT2D eigenvalue weighted by molar-refractivity contribution is 0.0851. The third-order valence-electron chi connectivity index (χ3n) is 4.58. The molecule has 0 saturated carbocycles. The number of carbonyl (C=O) groups is 1. The second-order valence-corrected chi connectivity index (χ2v) is 9.06. The molecule has 1 unspecified atom stereocenters. The lowest BCUT2D eigenvalue weighted by Crippen LogP contribution is -2.33. The fraction of sp³-hybridized carbons (Fsp3) is 0.316. The highest BCUT2D eigenvalue weighted by Crippen LogP contribution is 2.34. The summed E-state index contributed by atoms with van der Waals surface area (Å²) < 4.78 is 10.9. The minimum atomic E-state index is -0.0482. The summed E-state index contributed by atoms with van der Waals surface area (Å²) in [6, 6.07) is 10.2. The fourth-order valence-electron chi connectivity index (χ4n) is 3.26. The molecular formula is C19H18Br2N2O2S. The van der Waals surface area contributed by atoms with Gasteiger partial charge in [0, 0.05) is 29.5 Å². The molecule has 1 aromatic carbocycles. The molecule has 0 aliphatic carbocycles. The largest absolute Gasteiger partial charge is 0.376 e. The molecular weight excluding hydrogens is 480 g/mol. The molecule has 7 heteroatoms. The smallest absolute Gasteiger partial charge is 0.268 e. The van der Waals surface area contributed by atoms with Crippen LogP contribution in [0.3, 0.4) is 0 Å². The number of hydrogen-bond donors (Lipinski definition) is 1. The van der Waals surface area contributed by atoms with Crippen LogP contribution in [0.5, 0.6) is 0 Å². The number of nitrogens with one attached hydrogen (secondary N) is 1. The molecule has 0 radical (unpaired) electrons. The second kappa shape index (κ2) is 7.84. The quantitative estimate of drug-likeness (QED) is 0.527. The molecule has 1 fully saturated rings. The van der Waals surface area contributed by atoms with Crippen molar-refractivity contribution in [2.75, 3.05) is 13.2 Å². The van der Waals surface area contributed by atoms with Gasteiger partial charge in [-0.1, -0.05) is 28.1 Å². The molecule has 1 N–H and O–H groups in total. The number of fused-ring (bicyclic) bond motifs is 1. The van der Waals surface area contributed by atoms with Crippen molar-refractivity contribution < 1.29 is 9.53 Å². The van der Waals surface area contributed by atoms with E-state index in [1.807, 2.05) is 18.2 Å². The Bertz CT molecular complexity index is 927. The molecule has 0 bridgehead atoms. The Kier molecular flexibility index (Phi) is 5.50. The summed E-state index contributed by atoms with van der Waals surface area (Å²) in [7, 11) is 0. The highest BCUT2D eigenvalue weighted by Gasteiger charge is 2.21. The number of nitrogens with zero attached hydrogens (tertiary/aromatic N) is 1. The Morgan fingerprint density at radius 3 is 2.85 bits per heavy atom. The second-order valence-electron chi connectivity index (χ2n) is 6.38. The van der Waals surface area contributed by atoms with Crippen molar-refractivity contribution in [3.63, 3.8) is 0 Å². The van der Waals surface area contributed by atoms with E-state index >= 15 is 0 Å². The van der Waals surface area contributed by atoms with E-state index in [0.29, 0.717) is 18.8 Å². The van der Waals surface area contributed by atoms with Crippen molar-refractivity contribution in [1.82, 2.24) is 9.88 Å². The van der Waals surface area contributed by atoms with Gasteiger partial charge in [0.15, 0.2) is 0 Å². The van der Waals surface area contributed by atoms with Crippen LogP contribution in [0.25, 0.3) is 10.2 Å². The molecule has 26 heavy (non-hydrogen) atoms. The Morgan fingerprint density at radius 1 is 1.31 bits per heavy atom. The zero-order valence-electron chi connectivity index (χ0n) is 14.0. The van der Waals surface area contributed by atoms with Crippen LogP contribution in [-0.2, 0) is 11.3 Å². The van der Waals surface area contributed by atoms with Crippen molar-refractivity contribution in [2.45, 2.75) is 25.5 Å². The summed E-state index contributed by atoms with van der Waals surface area (Å²) in [5, 5.41) is 5.11. The average molecular weight is 498 g/mol. The minimum absolute atomic E-state index is 0.0482. The van der Waals surface area contributed by atoms with Crippen LogP contribution < -0.4 is 5.32 Å². The SMILES string of the molecule is O=C(NCC1CCCO1)c1cc2scc(Br)c2n1Cc1ccc(Br)cc1. The lowest BCUT2D eigenvalue weighted by Gasteiger charge is -2.14. The fourth-order valence-corrected chi connectivity index (χ4v) is 5.22. The Labute approximate surface area is 172 Å². The van der Waals surface area contributed by atoms with Crippen LogP contribution in [0.4, 0.5) is 0 Å². The zero-order valence-corrected chi connectivity index (χ0v) is 18.0. The van der Waals surface area contributed by atoms with Crippen molar-refractivity contribution in [3.8, 4) is 0 Å². The molecule has 3 heterocycles. The molecule has 3 aromatic rings. The van der Waals surface area contributed by atoms with E-state index in [4.69, 9.17) is 4.74 Å². The molecule has 2 aromatic heterocycles. The molecule has 0 spiro atoms. The lowest BCUT2D eigenvalue weighted by atomic mass is 10.2. The normalized spacial score (nSPS) is 17.1. The Balaban J connectivity index is 1.62. The summed E-state index contributed by atoms with van der Waals surface area (Å²) in [6.45, 7) is 2.01. The minimum Gasteiger partial charge on any atom is -0.376 e. The average Bonchev–Trinajstić information content (AvgIpc) is 3.34.